The second-order valence-corrected chi connectivity index (χ2v) is 8.62. The second-order valence-electron chi connectivity index (χ2n) is 8.62. The Morgan fingerprint density at radius 3 is 2.41 bits per heavy atom. The maximum absolute atomic E-state index is 13.1. The van der Waals surface area contributed by atoms with Gasteiger partial charge in [0.15, 0.2) is 0 Å². The van der Waals surface area contributed by atoms with Crippen LogP contribution in [-0.4, -0.2) is 35.1 Å². The molecule has 1 N–H and O–H groups in total. The minimum absolute atomic E-state index is 0.126. The van der Waals surface area contributed by atoms with Gasteiger partial charge in [-0.25, -0.2) is 4.79 Å². The van der Waals surface area contributed by atoms with Crippen molar-refractivity contribution in [3.63, 3.8) is 0 Å². The predicted molar refractivity (Wildman–Crippen MR) is 109 cm³/mol. The Morgan fingerprint density at radius 2 is 1.85 bits per heavy atom. The molecule has 5 nitrogen and oxygen atoms in total. The summed E-state index contributed by atoms with van der Waals surface area (Å²) in [7, 11) is 0. The molecule has 0 aliphatic carbocycles. The molecule has 0 spiro atoms. The van der Waals surface area contributed by atoms with Crippen molar-refractivity contribution in [3.05, 3.63) is 29.3 Å². The minimum atomic E-state index is -0.578. The Kier molecular flexibility index (Phi) is 6.90. The Hall–Kier alpha value is -2.04. The van der Waals surface area contributed by atoms with E-state index in [0.717, 1.165) is 36.1 Å². The molecule has 0 saturated carbocycles. The lowest BCUT2D eigenvalue weighted by Crippen LogP contribution is -2.53. The van der Waals surface area contributed by atoms with Crippen LogP contribution < -0.4 is 5.32 Å². The highest BCUT2D eigenvalue weighted by Gasteiger charge is 2.38. The maximum Gasteiger partial charge on any atom is 0.410 e. The fourth-order valence-electron chi connectivity index (χ4n) is 3.71. The SMILES string of the molecule is CCC[C@@H]1CCN(C(=O)OC(C)(C)C)[C@H](C(=O)Nc2c(C)cccc2C)C1. The van der Waals surface area contributed by atoms with Gasteiger partial charge in [0.25, 0.3) is 0 Å². The molecule has 1 aromatic rings. The molecule has 2 atom stereocenters. The molecule has 1 saturated heterocycles. The maximum atomic E-state index is 13.1. The van der Waals surface area contributed by atoms with Crippen LogP contribution >= 0.6 is 0 Å². The van der Waals surface area contributed by atoms with E-state index in [1.54, 1.807) is 4.90 Å². The third-order valence-electron chi connectivity index (χ3n) is 5.07. The van der Waals surface area contributed by atoms with Crippen LogP contribution in [-0.2, 0) is 9.53 Å². The van der Waals surface area contributed by atoms with Gasteiger partial charge >= 0.3 is 6.09 Å². The van der Waals surface area contributed by atoms with Crippen LogP contribution in [0.15, 0.2) is 18.2 Å². The van der Waals surface area contributed by atoms with Crippen molar-refractivity contribution in [2.24, 2.45) is 5.92 Å². The first-order valence-corrected chi connectivity index (χ1v) is 9.99. The number of carbonyl (C=O) groups excluding carboxylic acids is 2. The van der Waals surface area contributed by atoms with Crippen molar-refractivity contribution in [1.29, 1.82) is 0 Å². The van der Waals surface area contributed by atoms with Crippen LogP contribution in [0.4, 0.5) is 10.5 Å². The molecule has 0 unspecified atom stereocenters. The van der Waals surface area contributed by atoms with Crippen molar-refractivity contribution in [1.82, 2.24) is 4.90 Å². The lowest BCUT2D eigenvalue weighted by molar-refractivity contribution is -0.123. The van der Waals surface area contributed by atoms with E-state index in [1.807, 2.05) is 52.8 Å². The number of rotatable bonds is 4. The standard InChI is InChI=1S/C22H34N2O3/c1-7-9-17-12-13-24(21(26)27-22(4,5)6)18(14-17)20(25)23-19-15(2)10-8-11-16(19)3/h8,10-11,17-18H,7,9,12-14H2,1-6H3,(H,23,25)/t17-,18+/m1/s1. The first kappa shape index (κ1) is 21.3. The van der Waals surface area contributed by atoms with Gasteiger partial charge in [0, 0.05) is 12.2 Å². The number of aryl methyl sites for hydroxylation is 2. The molecule has 0 bridgehead atoms. The topological polar surface area (TPSA) is 58.6 Å². The number of anilines is 1. The van der Waals surface area contributed by atoms with E-state index in [1.165, 1.54) is 0 Å². The van der Waals surface area contributed by atoms with Gasteiger partial charge in [-0.2, -0.15) is 0 Å². The molecule has 1 fully saturated rings. The van der Waals surface area contributed by atoms with Crippen molar-refractivity contribution >= 4 is 17.7 Å². The minimum Gasteiger partial charge on any atom is -0.444 e. The number of carbonyl (C=O) groups is 2. The average Bonchev–Trinajstić information content (AvgIpc) is 2.56. The van der Waals surface area contributed by atoms with Crippen LogP contribution in [0.5, 0.6) is 0 Å². The molecule has 1 aliphatic rings. The Bertz CT molecular complexity index is 658. The first-order chi connectivity index (χ1) is 12.6. The number of nitrogens with one attached hydrogen (secondary N) is 1. The van der Waals surface area contributed by atoms with E-state index in [-0.39, 0.29) is 5.91 Å². The number of benzene rings is 1. The number of piperidine rings is 1. The van der Waals surface area contributed by atoms with Gasteiger partial charge in [0.05, 0.1) is 0 Å². The molecule has 0 aromatic heterocycles. The van der Waals surface area contributed by atoms with E-state index < -0.39 is 17.7 Å². The lowest BCUT2D eigenvalue weighted by Gasteiger charge is -2.39. The summed E-state index contributed by atoms with van der Waals surface area (Å²) >= 11 is 0. The van der Waals surface area contributed by atoms with Gasteiger partial charge in [-0.3, -0.25) is 9.69 Å². The second kappa shape index (κ2) is 8.77. The zero-order valence-corrected chi connectivity index (χ0v) is 17.6. The summed E-state index contributed by atoms with van der Waals surface area (Å²) in [6.07, 6.45) is 3.36. The van der Waals surface area contributed by atoms with E-state index in [9.17, 15) is 9.59 Å². The molecule has 27 heavy (non-hydrogen) atoms. The molecule has 2 amide bonds. The molecule has 5 heteroatoms. The lowest BCUT2D eigenvalue weighted by atomic mass is 9.87. The van der Waals surface area contributed by atoms with Gasteiger partial charge in [-0.05, 0) is 64.5 Å². The van der Waals surface area contributed by atoms with Crippen LogP contribution in [0, 0.1) is 19.8 Å². The van der Waals surface area contributed by atoms with Crippen LogP contribution in [0.3, 0.4) is 0 Å². The smallest absolute Gasteiger partial charge is 0.410 e. The highest BCUT2D eigenvalue weighted by Crippen LogP contribution is 2.29. The fraction of sp³-hybridized carbons (Fsp3) is 0.636. The summed E-state index contributed by atoms with van der Waals surface area (Å²) in [5, 5.41) is 3.07. The quantitative estimate of drug-likeness (QED) is 0.801. The van der Waals surface area contributed by atoms with Gasteiger partial charge in [0.1, 0.15) is 11.6 Å². The van der Waals surface area contributed by atoms with Gasteiger partial charge < -0.3 is 10.1 Å². The molecule has 0 radical (unpaired) electrons. The van der Waals surface area contributed by atoms with Gasteiger partial charge in [-0.1, -0.05) is 38.0 Å². The highest BCUT2D eigenvalue weighted by atomic mass is 16.6. The fourth-order valence-corrected chi connectivity index (χ4v) is 3.71. The number of amides is 2. The summed E-state index contributed by atoms with van der Waals surface area (Å²) < 4.78 is 5.56. The Balaban J connectivity index is 2.22. The zero-order chi connectivity index (χ0) is 20.2. The Labute approximate surface area is 163 Å². The third-order valence-corrected chi connectivity index (χ3v) is 5.07. The van der Waals surface area contributed by atoms with E-state index in [0.29, 0.717) is 18.9 Å². The number of ether oxygens (including phenoxy) is 1. The third kappa shape index (κ3) is 5.72. The van der Waals surface area contributed by atoms with E-state index in [2.05, 4.69) is 12.2 Å². The summed E-state index contributed by atoms with van der Waals surface area (Å²) in [6.45, 7) is 12.2. The monoisotopic (exact) mass is 374 g/mol. The summed E-state index contributed by atoms with van der Waals surface area (Å²) in [5.41, 5.74) is 2.30. The van der Waals surface area contributed by atoms with Crippen LogP contribution in [0.1, 0.15) is 64.5 Å². The summed E-state index contributed by atoms with van der Waals surface area (Å²) in [5.74, 6) is 0.335. The van der Waals surface area contributed by atoms with Crippen molar-refractivity contribution in [2.45, 2.75) is 78.9 Å². The largest absolute Gasteiger partial charge is 0.444 e. The number of para-hydroxylation sites is 1. The normalized spacial score (nSPS) is 20.3. The molecular formula is C22H34N2O3. The van der Waals surface area contributed by atoms with Crippen molar-refractivity contribution < 1.29 is 14.3 Å². The van der Waals surface area contributed by atoms with Crippen LogP contribution in [0.25, 0.3) is 0 Å². The molecule has 2 rings (SSSR count). The van der Waals surface area contributed by atoms with Gasteiger partial charge in [0.2, 0.25) is 5.91 Å². The average molecular weight is 375 g/mol. The summed E-state index contributed by atoms with van der Waals surface area (Å²) in [6, 6.07) is 5.44. The molecule has 1 aliphatic heterocycles. The number of hydrogen-bond donors (Lipinski definition) is 1. The zero-order valence-electron chi connectivity index (χ0n) is 17.6. The highest BCUT2D eigenvalue weighted by molar-refractivity contribution is 5.97. The van der Waals surface area contributed by atoms with Crippen LogP contribution in [0.2, 0.25) is 0 Å². The predicted octanol–water partition coefficient (Wildman–Crippen LogP) is 5.06. The number of hydrogen-bond acceptors (Lipinski definition) is 3. The molecule has 150 valence electrons. The van der Waals surface area contributed by atoms with Crippen molar-refractivity contribution in [3.8, 4) is 0 Å². The molecule has 1 heterocycles. The van der Waals surface area contributed by atoms with Gasteiger partial charge in [-0.15, -0.1) is 0 Å². The molecular weight excluding hydrogens is 340 g/mol. The number of nitrogens with zero attached hydrogens (tertiary/aromatic N) is 1. The van der Waals surface area contributed by atoms with Crippen molar-refractivity contribution in [2.75, 3.05) is 11.9 Å². The Morgan fingerprint density at radius 1 is 1.22 bits per heavy atom. The van der Waals surface area contributed by atoms with E-state index >= 15 is 0 Å². The van der Waals surface area contributed by atoms with E-state index in [4.69, 9.17) is 4.74 Å². The summed E-state index contributed by atoms with van der Waals surface area (Å²) in [4.78, 5) is 27.5. The first-order valence-electron chi connectivity index (χ1n) is 9.99. The number of likely N-dealkylation sites (tertiary alicyclic amines) is 1. The molecule has 1 aromatic carbocycles.